The van der Waals surface area contributed by atoms with Crippen LogP contribution in [0.4, 0.5) is 5.82 Å². The molecule has 2 heterocycles. The summed E-state index contributed by atoms with van der Waals surface area (Å²) in [6, 6.07) is 4.07. The first kappa shape index (κ1) is 23.9. The number of hydrogen-bond acceptors (Lipinski definition) is 6. The van der Waals surface area contributed by atoms with Crippen molar-refractivity contribution in [3.05, 3.63) is 17.7 Å². The largest absolute Gasteiger partial charge is 0.479 e. The van der Waals surface area contributed by atoms with Crippen LogP contribution in [0.1, 0.15) is 75.6 Å². The predicted molar refractivity (Wildman–Crippen MR) is 123 cm³/mol. The Morgan fingerprint density at radius 1 is 1.26 bits per heavy atom. The summed E-state index contributed by atoms with van der Waals surface area (Å²) < 4.78 is 5.71. The van der Waals surface area contributed by atoms with E-state index in [4.69, 9.17) is 14.8 Å². The van der Waals surface area contributed by atoms with Gasteiger partial charge in [0.15, 0.2) is 6.10 Å². The van der Waals surface area contributed by atoms with Crippen LogP contribution in [0.15, 0.2) is 17.2 Å². The fourth-order valence-corrected chi connectivity index (χ4v) is 5.07. The molecule has 2 unspecified atom stereocenters. The van der Waals surface area contributed by atoms with Crippen LogP contribution >= 0.6 is 11.8 Å². The van der Waals surface area contributed by atoms with Crippen LogP contribution in [-0.2, 0) is 9.53 Å². The Labute approximate surface area is 189 Å². The van der Waals surface area contributed by atoms with Gasteiger partial charge in [0.1, 0.15) is 10.8 Å². The summed E-state index contributed by atoms with van der Waals surface area (Å²) >= 11 is 1.62. The normalized spacial score (nSPS) is 21.0. The van der Waals surface area contributed by atoms with E-state index in [-0.39, 0.29) is 18.1 Å². The van der Waals surface area contributed by atoms with Crippen molar-refractivity contribution in [2.45, 2.75) is 88.5 Å². The highest BCUT2D eigenvalue weighted by Crippen LogP contribution is 2.28. The number of ether oxygens (including phenoxy) is 1. The molecular formula is C23H35N3O4S. The first-order valence-corrected chi connectivity index (χ1v) is 12.5. The highest BCUT2D eigenvalue weighted by atomic mass is 32.2. The van der Waals surface area contributed by atoms with Crippen molar-refractivity contribution >= 4 is 29.5 Å². The molecule has 172 valence electrons. The fraction of sp³-hybridized carbons (Fsp3) is 0.696. The van der Waals surface area contributed by atoms with Crippen LogP contribution in [0.2, 0.25) is 0 Å². The number of carboxylic acids is 1. The summed E-state index contributed by atoms with van der Waals surface area (Å²) in [5.41, 5.74) is 0.650. The summed E-state index contributed by atoms with van der Waals surface area (Å²) in [4.78, 5) is 31.1. The van der Waals surface area contributed by atoms with Crippen molar-refractivity contribution < 1.29 is 19.4 Å². The van der Waals surface area contributed by atoms with Crippen molar-refractivity contribution in [1.82, 2.24) is 10.3 Å². The highest BCUT2D eigenvalue weighted by Gasteiger charge is 2.26. The Morgan fingerprint density at radius 2 is 2.03 bits per heavy atom. The van der Waals surface area contributed by atoms with E-state index in [0.29, 0.717) is 12.1 Å². The smallest absolute Gasteiger partial charge is 0.332 e. The molecule has 3 rings (SSSR count). The Bertz CT molecular complexity index is 754. The summed E-state index contributed by atoms with van der Waals surface area (Å²) in [6.45, 7) is 5.14. The molecule has 1 aliphatic carbocycles. The zero-order valence-corrected chi connectivity index (χ0v) is 19.5. The third-order valence-corrected chi connectivity index (χ3v) is 7.12. The Morgan fingerprint density at radius 3 is 2.74 bits per heavy atom. The maximum Gasteiger partial charge on any atom is 0.332 e. The van der Waals surface area contributed by atoms with E-state index < -0.39 is 12.1 Å². The van der Waals surface area contributed by atoms with Crippen molar-refractivity contribution in [1.29, 1.82) is 0 Å². The summed E-state index contributed by atoms with van der Waals surface area (Å²) in [6.07, 6.45) is 7.53. The van der Waals surface area contributed by atoms with Gasteiger partial charge in [-0.1, -0.05) is 26.2 Å². The average Bonchev–Trinajstić information content (AvgIpc) is 2.78. The zero-order valence-electron chi connectivity index (χ0n) is 18.6. The molecule has 0 spiro atoms. The lowest BCUT2D eigenvalue weighted by molar-refractivity contribution is -0.153. The van der Waals surface area contributed by atoms with E-state index in [1.165, 1.54) is 19.3 Å². The topological polar surface area (TPSA) is 91.8 Å². The number of thioether (sulfide) groups is 1. The SMILES string of the molecule is CCCSc1nc(N2CCCC(OC(C)C(=O)O)C2)ccc1C(=O)NC1CCCCC1. The van der Waals surface area contributed by atoms with Gasteiger partial charge in [-0.25, -0.2) is 9.78 Å². The number of anilines is 1. The minimum Gasteiger partial charge on any atom is -0.479 e. The molecule has 1 aromatic heterocycles. The Hall–Kier alpha value is -1.80. The van der Waals surface area contributed by atoms with Crippen molar-refractivity contribution in [3.8, 4) is 0 Å². The summed E-state index contributed by atoms with van der Waals surface area (Å²) in [5.74, 6) is 0.757. The molecule has 2 aliphatic rings. The number of carbonyl (C=O) groups is 2. The number of carbonyl (C=O) groups excluding carboxylic acids is 1. The highest BCUT2D eigenvalue weighted by molar-refractivity contribution is 7.99. The van der Waals surface area contributed by atoms with Gasteiger partial charge < -0.3 is 20.1 Å². The number of amides is 1. The second-order valence-corrected chi connectivity index (χ2v) is 9.59. The zero-order chi connectivity index (χ0) is 22.2. The molecule has 2 fully saturated rings. The number of carboxylic acid groups (broad SMARTS) is 1. The Balaban J connectivity index is 1.72. The minimum absolute atomic E-state index is 0.0281. The lowest BCUT2D eigenvalue weighted by Gasteiger charge is -2.34. The van der Waals surface area contributed by atoms with Crippen molar-refractivity contribution in [2.24, 2.45) is 0 Å². The number of nitrogens with one attached hydrogen (secondary N) is 1. The lowest BCUT2D eigenvalue weighted by Crippen LogP contribution is -2.42. The standard InChI is InChI=1S/C23H35N3O4S/c1-3-14-31-22-19(21(27)24-17-8-5-4-6-9-17)11-12-20(25-22)26-13-7-10-18(15-26)30-16(2)23(28)29/h11-12,16-18H,3-10,13-15H2,1-2H3,(H,24,27)(H,28,29). The number of aliphatic carboxylic acids is 1. The number of rotatable bonds is 9. The Kier molecular flexibility index (Phi) is 9.02. The van der Waals surface area contributed by atoms with Gasteiger partial charge in [0.05, 0.1) is 11.7 Å². The second kappa shape index (κ2) is 11.7. The molecule has 1 aromatic rings. The monoisotopic (exact) mass is 449 g/mol. The number of piperidine rings is 1. The van der Waals surface area contributed by atoms with Crippen LogP contribution in [0.25, 0.3) is 0 Å². The molecule has 8 heteroatoms. The third kappa shape index (κ3) is 6.84. The predicted octanol–water partition coefficient (Wildman–Crippen LogP) is 4.10. The molecule has 0 aromatic carbocycles. The van der Waals surface area contributed by atoms with Gasteiger partial charge in [-0.05, 0) is 56.9 Å². The number of nitrogens with zero attached hydrogens (tertiary/aromatic N) is 2. The van der Waals surface area contributed by atoms with Crippen LogP contribution in [-0.4, -0.2) is 59.1 Å². The van der Waals surface area contributed by atoms with Crippen molar-refractivity contribution in [2.75, 3.05) is 23.7 Å². The second-order valence-electron chi connectivity index (χ2n) is 8.51. The van der Waals surface area contributed by atoms with Gasteiger partial charge in [0.25, 0.3) is 5.91 Å². The molecular weight excluding hydrogens is 414 g/mol. The fourth-order valence-electron chi connectivity index (χ4n) is 4.20. The minimum atomic E-state index is -0.943. The van der Waals surface area contributed by atoms with Gasteiger partial charge in [0.2, 0.25) is 0 Å². The quantitative estimate of drug-likeness (QED) is 0.548. The van der Waals surface area contributed by atoms with Gasteiger partial charge in [-0.3, -0.25) is 4.79 Å². The molecule has 31 heavy (non-hydrogen) atoms. The van der Waals surface area contributed by atoms with E-state index in [1.54, 1.807) is 18.7 Å². The van der Waals surface area contributed by atoms with Gasteiger partial charge in [0, 0.05) is 19.1 Å². The first-order valence-electron chi connectivity index (χ1n) is 11.6. The van der Waals surface area contributed by atoms with E-state index in [0.717, 1.165) is 55.2 Å². The molecule has 2 N–H and O–H groups in total. The molecule has 1 saturated heterocycles. The van der Waals surface area contributed by atoms with Crippen LogP contribution in [0.3, 0.4) is 0 Å². The van der Waals surface area contributed by atoms with E-state index in [1.807, 2.05) is 12.1 Å². The molecule has 1 saturated carbocycles. The van der Waals surface area contributed by atoms with Gasteiger partial charge in [-0.15, -0.1) is 11.8 Å². The first-order chi connectivity index (χ1) is 15.0. The maximum absolute atomic E-state index is 13.0. The van der Waals surface area contributed by atoms with Crippen LogP contribution < -0.4 is 10.2 Å². The summed E-state index contributed by atoms with van der Waals surface area (Å²) in [5, 5.41) is 13.1. The number of hydrogen-bond donors (Lipinski definition) is 2. The van der Waals surface area contributed by atoms with E-state index in [2.05, 4.69) is 17.1 Å². The lowest BCUT2D eigenvalue weighted by atomic mass is 9.95. The number of aromatic nitrogens is 1. The van der Waals surface area contributed by atoms with Crippen molar-refractivity contribution in [3.63, 3.8) is 0 Å². The molecule has 1 amide bonds. The number of pyridine rings is 1. The average molecular weight is 450 g/mol. The van der Waals surface area contributed by atoms with Crippen LogP contribution in [0.5, 0.6) is 0 Å². The summed E-state index contributed by atoms with van der Waals surface area (Å²) in [7, 11) is 0. The molecule has 2 atom stereocenters. The molecule has 0 radical (unpaired) electrons. The molecule has 0 bridgehead atoms. The third-order valence-electron chi connectivity index (χ3n) is 5.92. The van der Waals surface area contributed by atoms with Gasteiger partial charge >= 0.3 is 5.97 Å². The molecule has 1 aliphatic heterocycles. The van der Waals surface area contributed by atoms with Crippen LogP contribution in [0, 0.1) is 0 Å². The van der Waals surface area contributed by atoms with Gasteiger partial charge in [-0.2, -0.15) is 0 Å². The molecule has 7 nitrogen and oxygen atoms in total. The van der Waals surface area contributed by atoms with E-state index >= 15 is 0 Å². The van der Waals surface area contributed by atoms with E-state index in [9.17, 15) is 9.59 Å². The maximum atomic E-state index is 13.0.